The Labute approximate surface area is 108 Å². The summed E-state index contributed by atoms with van der Waals surface area (Å²) >= 11 is 1.16. The molecule has 0 saturated carbocycles. The molecule has 0 radical (unpaired) electrons. The Morgan fingerprint density at radius 1 is 1.44 bits per heavy atom. The van der Waals surface area contributed by atoms with Crippen LogP contribution in [0.3, 0.4) is 0 Å². The molecule has 0 bridgehead atoms. The zero-order chi connectivity index (χ0) is 13.0. The van der Waals surface area contributed by atoms with Gasteiger partial charge in [0.1, 0.15) is 5.82 Å². The summed E-state index contributed by atoms with van der Waals surface area (Å²) in [6.45, 7) is 0. The van der Waals surface area contributed by atoms with Gasteiger partial charge in [0, 0.05) is 24.2 Å². The summed E-state index contributed by atoms with van der Waals surface area (Å²) in [7, 11) is 1.77. The molecule has 4 nitrogen and oxygen atoms in total. The van der Waals surface area contributed by atoms with Gasteiger partial charge in [-0.25, -0.2) is 4.39 Å². The molecule has 0 fully saturated rings. The predicted octanol–water partition coefficient (Wildman–Crippen LogP) is 2.29. The lowest BCUT2D eigenvalue weighted by molar-refractivity contribution is -0.113. The van der Waals surface area contributed by atoms with E-state index in [2.05, 4.69) is 10.4 Å². The second kappa shape index (κ2) is 5.68. The van der Waals surface area contributed by atoms with Crippen molar-refractivity contribution in [2.75, 3.05) is 11.1 Å². The van der Waals surface area contributed by atoms with Crippen LogP contribution in [0.5, 0.6) is 0 Å². The van der Waals surface area contributed by atoms with Crippen molar-refractivity contribution in [3.05, 3.63) is 42.3 Å². The van der Waals surface area contributed by atoms with Gasteiger partial charge >= 0.3 is 0 Å². The van der Waals surface area contributed by atoms with E-state index in [1.807, 2.05) is 0 Å². The molecule has 1 amide bonds. The van der Waals surface area contributed by atoms with Crippen molar-refractivity contribution < 1.29 is 9.18 Å². The highest BCUT2D eigenvalue weighted by molar-refractivity contribution is 8.00. The third-order valence-electron chi connectivity index (χ3n) is 2.18. The number of aromatic nitrogens is 2. The number of carbonyl (C=O) groups excluding carboxylic acids is 1. The van der Waals surface area contributed by atoms with Crippen LogP contribution in [0.25, 0.3) is 0 Å². The van der Waals surface area contributed by atoms with E-state index in [0.717, 1.165) is 11.8 Å². The molecule has 0 aliphatic carbocycles. The molecule has 0 spiro atoms. The van der Waals surface area contributed by atoms with Crippen LogP contribution in [0.2, 0.25) is 0 Å². The normalized spacial score (nSPS) is 10.3. The molecular weight excluding hydrogens is 253 g/mol. The first-order chi connectivity index (χ1) is 8.65. The van der Waals surface area contributed by atoms with Crippen molar-refractivity contribution in [3.8, 4) is 0 Å². The minimum atomic E-state index is -0.312. The third-order valence-corrected chi connectivity index (χ3v) is 3.23. The van der Waals surface area contributed by atoms with Crippen LogP contribution >= 0.6 is 11.8 Å². The number of amides is 1. The first-order valence-electron chi connectivity index (χ1n) is 5.32. The van der Waals surface area contributed by atoms with E-state index < -0.39 is 0 Å². The molecule has 2 aromatic rings. The number of aryl methyl sites for hydroxylation is 1. The summed E-state index contributed by atoms with van der Waals surface area (Å²) < 4.78 is 14.9. The zero-order valence-corrected chi connectivity index (χ0v) is 10.6. The first kappa shape index (κ1) is 12.6. The van der Waals surface area contributed by atoms with Crippen molar-refractivity contribution in [2.45, 2.75) is 4.90 Å². The molecule has 94 valence electrons. The highest BCUT2D eigenvalue weighted by Gasteiger charge is 2.07. The highest BCUT2D eigenvalue weighted by atomic mass is 32.2. The number of nitrogens with one attached hydrogen (secondary N) is 1. The van der Waals surface area contributed by atoms with E-state index in [0.29, 0.717) is 10.7 Å². The van der Waals surface area contributed by atoms with Crippen molar-refractivity contribution in [3.63, 3.8) is 0 Å². The van der Waals surface area contributed by atoms with Gasteiger partial charge in [0.05, 0.1) is 5.75 Å². The SMILES string of the molecule is Cn1ccc(NC(=O)CSc2ccccc2F)n1. The standard InChI is InChI=1S/C12H12FN3OS/c1-16-7-6-11(15-16)14-12(17)8-18-10-5-3-2-4-9(10)13/h2-7H,8H2,1H3,(H,14,15,17). The first-order valence-corrected chi connectivity index (χ1v) is 6.30. The lowest BCUT2D eigenvalue weighted by Gasteiger charge is -2.03. The van der Waals surface area contributed by atoms with Gasteiger partial charge < -0.3 is 5.32 Å². The summed E-state index contributed by atoms with van der Waals surface area (Å²) in [6.07, 6.45) is 1.74. The van der Waals surface area contributed by atoms with Crippen molar-refractivity contribution in [1.29, 1.82) is 0 Å². The van der Waals surface area contributed by atoms with Crippen LogP contribution in [-0.2, 0) is 11.8 Å². The van der Waals surface area contributed by atoms with Gasteiger partial charge in [-0.15, -0.1) is 11.8 Å². The van der Waals surface area contributed by atoms with Gasteiger partial charge in [0.2, 0.25) is 5.91 Å². The molecule has 0 unspecified atom stereocenters. The lowest BCUT2D eigenvalue weighted by Crippen LogP contribution is -2.14. The third kappa shape index (κ3) is 3.33. The average Bonchev–Trinajstić information content (AvgIpc) is 2.74. The smallest absolute Gasteiger partial charge is 0.235 e. The van der Waals surface area contributed by atoms with Gasteiger partial charge in [-0.3, -0.25) is 9.48 Å². The van der Waals surface area contributed by atoms with Crippen molar-refractivity contribution in [1.82, 2.24) is 9.78 Å². The van der Waals surface area contributed by atoms with E-state index >= 15 is 0 Å². The minimum Gasteiger partial charge on any atom is -0.308 e. The zero-order valence-electron chi connectivity index (χ0n) is 9.76. The van der Waals surface area contributed by atoms with E-state index in [1.54, 1.807) is 42.2 Å². The number of anilines is 1. The topological polar surface area (TPSA) is 46.9 Å². The molecule has 1 aromatic heterocycles. The van der Waals surface area contributed by atoms with Crippen LogP contribution in [0, 0.1) is 5.82 Å². The maximum absolute atomic E-state index is 13.3. The van der Waals surface area contributed by atoms with Crippen LogP contribution < -0.4 is 5.32 Å². The Kier molecular flexibility index (Phi) is 3.99. The molecule has 0 atom stereocenters. The molecule has 1 N–H and O–H groups in total. The number of rotatable bonds is 4. The fourth-order valence-corrected chi connectivity index (χ4v) is 2.11. The van der Waals surface area contributed by atoms with Gasteiger partial charge in [0.15, 0.2) is 5.82 Å². The molecule has 6 heteroatoms. The van der Waals surface area contributed by atoms with Gasteiger partial charge in [-0.05, 0) is 12.1 Å². The molecular formula is C12H12FN3OS. The van der Waals surface area contributed by atoms with Crippen LogP contribution in [0.15, 0.2) is 41.4 Å². The maximum Gasteiger partial charge on any atom is 0.235 e. The number of halogens is 1. The molecule has 0 aliphatic rings. The summed E-state index contributed by atoms with van der Waals surface area (Å²) in [5.41, 5.74) is 0. The van der Waals surface area contributed by atoms with E-state index in [9.17, 15) is 9.18 Å². The maximum atomic E-state index is 13.3. The van der Waals surface area contributed by atoms with Crippen molar-refractivity contribution in [2.24, 2.45) is 7.05 Å². The molecule has 0 saturated heterocycles. The molecule has 2 rings (SSSR count). The summed E-state index contributed by atoms with van der Waals surface area (Å²) in [6, 6.07) is 8.08. The lowest BCUT2D eigenvalue weighted by atomic mass is 10.3. The highest BCUT2D eigenvalue weighted by Crippen LogP contribution is 2.21. The van der Waals surface area contributed by atoms with Gasteiger partial charge in [-0.2, -0.15) is 5.10 Å². The number of carbonyl (C=O) groups is 1. The van der Waals surface area contributed by atoms with Crippen LogP contribution in [0.1, 0.15) is 0 Å². The van der Waals surface area contributed by atoms with Gasteiger partial charge in [-0.1, -0.05) is 12.1 Å². The number of benzene rings is 1. The molecule has 18 heavy (non-hydrogen) atoms. The molecule has 1 heterocycles. The predicted molar refractivity (Wildman–Crippen MR) is 69.0 cm³/mol. The Hall–Kier alpha value is -1.82. The Balaban J connectivity index is 1.87. The van der Waals surface area contributed by atoms with Crippen LogP contribution in [0.4, 0.5) is 10.2 Å². The number of thioether (sulfide) groups is 1. The Bertz CT molecular complexity index is 556. The summed E-state index contributed by atoms with van der Waals surface area (Å²) in [4.78, 5) is 12.1. The largest absolute Gasteiger partial charge is 0.308 e. The van der Waals surface area contributed by atoms with Crippen molar-refractivity contribution >= 4 is 23.5 Å². The molecule has 0 aliphatic heterocycles. The van der Waals surface area contributed by atoms with Gasteiger partial charge in [0.25, 0.3) is 0 Å². The summed E-state index contributed by atoms with van der Waals surface area (Å²) in [5, 5.41) is 6.66. The molecule has 1 aromatic carbocycles. The Morgan fingerprint density at radius 2 is 2.22 bits per heavy atom. The second-order valence-electron chi connectivity index (χ2n) is 3.64. The number of hydrogen-bond donors (Lipinski definition) is 1. The number of hydrogen-bond acceptors (Lipinski definition) is 3. The minimum absolute atomic E-state index is 0.150. The van der Waals surface area contributed by atoms with E-state index in [4.69, 9.17) is 0 Å². The Morgan fingerprint density at radius 3 is 2.89 bits per heavy atom. The summed E-state index contributed by atoms with van der Waals surface area (Å²) in [5.74, 6) is 0.129. The second-order valence-corrected chi connectivity index (χ2v) is 4.66. The monoisotopic (exact) mass is 265 g/mol. The quantitative estimate of drug-likeness (QED) is 0.863. The van der Waals surface area contributed by atoms with E-state index in [-0.39, 0.29) is 17.5 Å². The fourth-order valence-electron chi connectivity index (χ4n) is 1.37. The van der Waals surface area contributed by atoms with E-state index in [1.165, 1.54) is 6.07 Å². The fraction of sp³-hybridized carbons (Fsp3) is 0.167. The van der Waals surface area contributed by atoms with Crippen LogP contribution in [-0.4, -0.2) is 21.4 Å². The average molecular weight is 265 g/mol. The number of nitrogens with zero attached hydrogens (tertiary/aromatic N) is 2.